The number of carbonyl (C=O) groups is 2. The van der Waals surface area contributed by atoms with E-state index >= 15 is 0 Å². The van der Waals surface area contributed by atoms with Crippen LogP contribution in [-0.2, 0) is 9.59 Å². The van der Waals surface area contributed by atoms with Crippen LogP contribution in [0.4, 0.5) is 5.69 Å². The Kier molecular flexibility index (Phi) is 6.33. The van der Waals surface area contributed by atoms with E-state index in [1.54, 1.807) is 48.0 Å². The van der Waals surface area contributed by atoms with Crippen LogP contribution in [0.15, 0.2) is 60.7 Å². The Morgan fingerprint density at radius 3 is 2.56 bits per heavy atom. The van der Waals surface area contributed by atoms with Gasteiger partial charge in [-0.25, -0.2) is 0 Å². The predicted octanol–water partition coefficient (Wildman–Crippen LogP) is 4.36. The maximum atomic E-state index is 13.3. The van der Waals surface area contributed by atoms with E-state index in [1.165, 1.54) is 0 Å². The Morgan fingerprint density at radius 1 is 1.12 bits per heavy atom. The highest BCUT2D eigenvalue weighted by Gasteiger charge is 2.36. The van der Waals surface area contributed by atoms with Gasteiger partial charge in [-0.2, -0.15) is 5.26 Å². The lowest BCUT2D eigenvalue weighted by Gasteiger charge is -2.26. The van der Waals surface area contributed by atoms with E-state index in [2.05, 4.69) is 11.4 Å². The topological polar surface area (TPSA) is 82.4 Å². The maximum absolute atomic E-state index is 13.3. The quantitative estimate of drug-likeness (QED) is 0.631. The molecule has 0 bridgehead atoms. The van der Waals surface area contributed by atoms with Crippen molar-refractivity contribution in [2.24, 2.45) is 0 Å². The molecule has 4 rings (SSSR count). The fourth-order valence-corrected chi connectivity index (χ4v) is 4.92. The number of methoxy groups -OCH3 is 1. The predicted molar refractivity (Wildman–Crippen MR) is 127 cm³/mol. The van der Waals surface area contributed by atoms with Crippen molar-refractivity contribution in [3.63, 3.8) is 0 Å². The molecule has 0 aromatic heterocycles. The molecule has 0 saturated carbocycles. The van der Waals surface area contributed by atoms with E-state index in [4.69, 9.17) is 10.00 Å². The fourth-order valence-electron chi connectivity index (χ4n) is 3.76. The van der Waals surface area contributed by atoms with Crippen molar-refractivity contribution in [3.05, 3.63) is 71.8 Å². The standard InChI is InChI=1S/C25H23N3O3S/c1-16(18-5-6-20-12-22(31-2)10-7-19(20)11-18)25(30)28-15-32-14-23(28)24(29)27-21-8-3-17(13-26)4-9-21/h3-12,16,23H,14-15H2,1-2H3,(H,27,29)/t16-,23?/m0/s1. The minimum Gasteiger partial charge on any atom is -0.497 e. The first kappa shape index (κ1) is 21.7. The van der Waals surface area contributed by atoms with Gasteiger partial charge in [0.15, 0.2) is 0 Å². The van der Waals surface area contributed by atoms with Gasteiger partial charge in [-0.05, 0) is 59.7 Å². The molecule has 1 saturated heterocycles. The second-order valence-corrected chi connectivity index (χ2v) is 8.70. The van der Waals surface area contributed by atoms with Crippen molar-refractivity contribution in [2.75, 3.05) is 24.1 Å². The minimum atomic E-state index is -0.532. The summed E-state index contributed by atoms with van der Waals surface area (Å²) >= 11 is 1.57. The highest BCUT2D eigenvalue weighted by molar-refractivity contribution is 7.99. The van der Waals surface area contributed by atoms with E-state index in [0.717, 1.165) is 22.1 Å². The number of hydrogen-bond acceptors (Lipinski definition) is 5. The molecule has 6 nitrogen and oxygen atoms in total. The first-order chi connectivity index (χ1) is 15.5. The Labute approximate surface area is 191 Å². The van der Waals surface area contributed by atoms with Crippen LogP contribution in [0, 0.1) is 11.3 Å². The normalized spacial score (nSPS) is 16.4. The zero-order chi connectivity index (χ0) is 22.7. The summed E-state index contributed by atoms with van der Waals surface area (Å²) in [6.07, 6.45) is 0. The smallest absolute Gasteiger partial charge is 0.248 e. The number of rotatable bonds is 5. The lowest BCUT2D eigenvalue weighted by molar-refractivity contribution is -0.137. The number of benzene rings is 3. The fraction of sp³-hybridized carbons (Fsp3) is 0.240. The summed E-state index contributed by atoms with van der Waals surface area (Å²) in [4.78, 5) is 27.9. The molecule has 162 valence electrons. The second kappa shape index (κ2) is 9.33. The zero-order valence-corrected chi connectivity index (χ0v) is 18.7. The second-order valence-electron chi connectivity index (χ2n) is 7.70. The molecule has 1 aliphatic rings. The highest BCUT2D eigenvalue weighted by Crippen LogP contribution is 2.30. The maximum Gasteiger partial charge on any atom is 0.248 e. The first-order valence-corrected chi connectivity index (χ1v) is 11.4. The molecule has 0 aliphatic carbocycles. The van der Waals surface area contributed by atoms with Crippen molar-refractivity contribution in [2.45, 2.75) is 18.9 Å². The van der Waals surface area contributed by atoms with E-state index in [-0.39, 0.29) is 17.7 Å². The molecule has 3 aromatic rings. The van der Waals surface area contributed by atoms with Crippen LogP contribution < -0.4 is 10.1 Å². The number of fused-ring (bicyclic) bond motifs is 1. The van der Waals surface area contributed by atoms with Gasteiger partial charge in [-0.3, -0.25) is 9.59 Å². The van der Waals surface area contributed by atoms with Crippen LogP contribution in [0.5, 0.6) is 5.75 Å². The first-order valence-electron chi connectivity index (χ1n) is 10.3. The van der Waals surface area contributed by atoms with Gasteiger partial charge in [0.25, 0.3) is 0 Å². The number of nitrogens with zero attached hydrogens (tertiary/aromatic N) is 2. The number of anilines is 1. The third kappa shape index (κ3) is 4.41. The summed E-state index contributed by atoms with van der Waals surface area (Å²) in [5.74, 6) is 1.18. The third-order valence-electron chi connectivity index (χ3n) is 5.69. The van der Waals surface area contributed by atoms with Gasteiger partial charge in [0.1, 0.15) is 11.8 Å². The molecule has 2 atom stereocenters. The molecule has 1 heterocycles. The molecule has 7 heteroatoms. The van der Waals surface area contributed by atoms with Gasteiger partial charge in [0.2, 0.25) is 11.8 Å². The summed E-state index contributed by atoms with van der Waals surface area (Å²) in [5, 5.41) is 13.9. The Balaban J connectivity index is 1.49. The molecule has 2 amide bonds. The molecule has 32 heavy (non-hydrogen) atoms. The van der Waals surface area contributed by atoms with Gasteiger partial charge in [-0.1, -0.05) is 24.3 Å². The van der Waals surface area contributed by atoms with Crippen LogP contribution in [0.3, 0.4) is 0 Å². The van der Waals surface area contributed by atoms with Gasteiger partial charge >= 0.3 is 0 Å². The third-order valence-corrected chi connectivity index (χ3v) is 6.70. The van der Waals surface area contributed by atoms with E-state index < -0.39 is 6.04 Å². The number of carbonyl (C=O) groups excluding carboxylic acids is 2. The van der Waals surface area contributed by atoms with Crippen molar-refractivity contribution in [1.82, 2.24) is 4.90 Å². The zero-order valence-electron chi connectivity index (χ0n) is 17.9. The van der Waals surface area contributed by atoms with Crippen LogP contribution in [-0.4, -0.2) is 41.5 Å². The molecular weight excluding hydrogens is 422 g/mol. The van der Waals surface area contributed by atoms with E-state index in [9.17, 15) is 9.59 Å². The lowest BCUT2D eigenvalue weighted by Crippen LogP contribution is -2.46. The summed E-state index contributed by atoms with van der Waals surface area (Å²) < 4.78 is 5.28. The largest absolute Gasteiger partial charge is 0.497 e. The molecule has 1 N–H and O–H groups in total. The summed E-state index contributed by atoms with van der Waals surface area (Å²) in [6.45, 7) is 1.88. The average Bonchev–Trinajstić information content (AvgIpc) is 3.33. The van der Waals surface area contributed by atoms with Gasteiger partial charge < -0.3 is 15.0 Å². The number of amides is 2. The van der Waals surface area contributed by atoms with Gasteiger partial charge in [0, 0.05) is 11.4 Å². The summed E-state index contributed by atoms with van der Waals surface area (Å²) in [6, 6.07) is 20.0. The number of thioether (sulfide) groups is 1. The van der Waals surface area contributed by atoms with E-state index in [1.807, 2.05) is 43.3 Å². The molecule has 3 aromatic carbocycles. The molecule has 1 fully saturated rings. The molecular formula is C25H23N3O3S. The van der Waals surface area contributed by atoms with Crippen LogP contribution in [0.1, 0.15) is 24.0 Å². The average molecular weight is 446 g/mol. The van der Waals surface area contributed by atoms with Gasteiger partial charge in [-0.15, -0.1) is 11.8 Å². The molecule has 0 spiro atoms. The number of ether oxygens (including phenoxy) is 1. The monoisotopic (exact) mass is 445 g/mol. The number of hydrogen-bond donors (Lipinski definition) is 1. The van der Waals surface area contributed by atoms with Crippen LogP contribution in [0.2, 0.25) is 0 Å². The Bertz CT molecular complexity index is 1200. The molecule has 1 aliphatic heterocycles. The molecule has 0 radical (unpaired) electrons. The molecule has 1 unspecified atom stereocenters. The van der Waals surface area contributed by atoms with Crippen LogP contribution in [0.25, 0.3) is 10.8 Å². The minimum absolute atomic E-state index is 0.0668. The summed E-state index contributed by atoms with van der Waals surface area (Å²) in [5.41, 5.74) is 2.05. The van der Waals surface area contributed by atoms with E-state index in [0.29, 0.717) is 22.9 Å². The van der Waals surface area contributed by atoms with Crippen molar-refractivity contribution < 1.29 is 14.3 Å². The number of nitriles is 1. The summed E-state index contributed by atoms with van der Waals surface area (Å²) in [7, 11) is 1.64. The van der Waals surface area contributed by atoms with Gasteiger partial charge in [0.05, 0.1) is 30.5 Å². The van der Waals surface area contributed by atoms with Crippen LogP contribution >= 0.6 is 11.8 Å². The highest BCUT2D eigenvalue weighted by atomic mass is 32.2. The van der Waals surface area contributed by atoms with Crippen molar-refractivity contribution >= 4 is 40.0 Å². The van der Waals surface area contributed by atoms with Crippen molar-refractivity contribution in [1.29, 1.82) is 5.26 Å². The Hall–Kier alpha value is -3.50. The Morgan fingerprint density at radius 2 is 1.84 bits per heavy atom. The lowest BCUT2D eigenvalue weighted by atomic mass is 9.96. The van der Waals surface area contributed by atoms with Crippen molar-refractivity contribution in [3.8, 4) is 11.8 Å². The number of nitrogens with one attached hydrogen (secondary N) is 1. The SMILES string of the molecule is COc1ccc2cc([C@H](C)C(=O)N3CSCC3C(=O)Nc3ccc(C#N)cc3)ccc2c1.